The predicted molar refractivity (Wildman–Crippen MR) is 96.3 cm³/mol. The van der Waals surface area contributed by atoms with Gasteiger partial charge in [-0.2, -0.15) is 0 Å². The van der Waals surface area contributed by atoms with Crippen molar-refractivity contribution >= 4 is 27.6 Å². The Balaban J connectivity index is 2.75. The van der Waals surface area contributed by atoms with Crippen molar-refractivity contribution in [2.75, 3.05) is 18.6 Å². The molecule has 2 N–H and O–H groups in total. The zero-order valence-electron chi connectivity index (χ0n) is 15.0. The highest BCUT2D eigenvalue weighted by Crippen LogP contribution is 2.04. The Bertz CT molecular complexity index is 731. The third-order valence-electron chi connectivity index (χ3n) is 3.20. The molecule has 2 amide bonds. The van der Waals surface area contributed by atoms with Gasteiger partial charge in [-0.3, -0.25) is 9.59 Å². The summed E-state index contributed by atoms with van der Waals surface area (Å²) in [5.41, 5.74) is 0.321. The lowest BCUT2D eigenvalue weighted by atomic mass is 10.1. The minimum Gasteiger partial charge on any atom is -0.454 e. The number of hydrogen-bond acceptors (Lipinski definition) is 6. The number of carbonyl (C=O) groups is 3. The largest absolute Gasteiger partial charge is 0.454 e. The first-order valence-electron chi connectivity index (χ1n) is 8.08. The molecule has 9 heteroatoms. The number of esters is 1. The molecular formula is C17H24N2O6S. The van der Waals surface area contributed by atoms with Crippen LogP contribution in [0.1, 0.15) is 30.6 Å². The standard InChI is InChI=1S/C17H24N2O6S/c1-12(2)18-15(20)11-25-17(22)14(9-10-26(3,23)24)19-16(21)13-7-5-4-6-8-13/h4-8,12,14H,9-11H2,1-3H3,(H,18,20)(H,19,21)/t14-/m1/s1. The summed E-state index contributed by atoms with van der Waals surface area (Å²) in [6.45, 7) is 3.01. The van der Waals surface area contributed by atoms with Crippen LogP contribution in [0.4, 0.5) is 0 Å². The predicted octanol–water partition coefficient (Wildman–Crippen LogP) is 0.288. The van der Waals surface area contributed by atoms with Crippen LogP contribution in [0.15, 0.2) is 30.3 Å². The van der Waals surface area contributed by atoms with E-state index in [0.29, 0.717) is 5.56 Å². The molecule has 1 rings (SSSR count). The molecule has 0 bridgehead atoms. The fraction of sp³-hybridized carbons (Fsp3) is 0.471. The van der Waals surface area contributed by atoms with E-state index in [9.17, 15) is 22.8 Å². The Morgan fingerprint density at radius 3 is 2.23 bits per heavy atom. The van der Waals surface area contributed by atoms with Gasteiger partial charge in [-0.05, 0) is 32.4 Å². The number of carbonyl (C=O) groups excluding carboxylic acids is 3. The van der Waals surface area contributed by atoms with Crippen LogP contribution in [0.5, 0.6) is 0 Å². The Labute approximate surface area is 153 Å². The van der Waals surface area contributed by atoms with E-state index in [1.54, 1.807) is 44.2 Å². The molecule has 1 aromatic rings. The number of amides is 2. The van der Waals surface area contributed by atoms with Crippen LogP contribution in [-0.2, 0) is 24.2 Å². The first-order valence-corrected chi connectivity index (χ1v) is 10.1. The van der Waals surface area contributed by atoms with Gasteiger partial charge in [0.05, 0.1) is 5.75 Å². The zero-order chi connectivity index (χ0) is 19.7. The summed E-state index contributed by atoms with van der Waals surface area (Å²) in [6, 6.07) is 6.89. The maximum absolute atomic E-state index is 12.2. The average Bonchev–Trinajstić information content (AvgIpc) is 2.55. The molecule has 0 aliphatic carbocycles. The highest BCUT2D eigenvalue weighted by molar-refractivity contribution is 7.90. The van der Waals surface area contributed by atoms with Crippen LogP contribution in [0.2, 0.25) is 0 Å². The minimum absolute atomic E-state index is 0.111. The van der Waals surface area contributed by atoms with Crippen LogP contribution in [0.3, 0.4) is 0 Å². The van der Waals surface area contributed by atoms with Crippen LogP contribution in [0, 0.1) is 0 Å². The van der Waals surface area contributed by atoms with Gasteiger partial charge < -0.3 is 15.4 Å². The van der Waals surface area contributed by atoms with Crippen molar-refractivity contribution in [1.29, 1.82) is 0 Å². The van der Waals surface area contributed by atoms with Gasteiger partial charge in [0.15, 0.2) is 6.61 Å². The lowest BCUT2D eigenvalue weighted by Crippen LogP contribution is -2.44. The van der Waals surface area contributed by atoms with E-state index in [4.69, 9.17) is 4.74 Å². The van der Waals surface area contributed by atoms with E-state index in [-0.39, 0.29) is 18.2 Å². The molecule has 0 unspecified atom stereocenters. The molecule has 0 aromatic heterocycles. The lowest BCUT2D eigenvalue weighted by molar-refractivity contribution is -0.150. The second-order valence-corrected chi connectivity index (χ2v) is 8.40. The maximum atomic E-state index is 12.2. The average molecular weight is 384 g/mol. The van der Waals surface area contributed by atoms with Crippen molar-refractivity contribution in [3.63, 3.8) is 0 Å². The summed E-state index contributed by atoms with van der Waals surface area (Å²) >= 11 is 0. The maximum Gasteiger partial charge on any atom is 0.329 e. The van der Waals surface area contributed by atoms with Crippen molar-refractivity contribution in [2.45, 2.75) is 32.4 Å². The summed E-state index contributed by atoms with van der Waals surface area (Å²) in [5, 5.41) is 5.02. The summed E-state index contributed by atoms with van der Waals surface area (Å²) in [6.07, 6.45) is 0.881. The molecule has 0 fully saturated rings. The van der Waals surface area contributed by atoms with E-state index in [2.05, 4.69) is 10.6 Å². The van der Waals surface area contributed by atoms with Crippen molar-refractivity contribution in [3.8, 4) is 0 Å². The molecule has 1 atom stereocenters. The van der Waals surface area contributed by atoms with E-state index < -0.39 is 40.3 Å². The first kappa shape index (κ1) is 21.6. The molecule has 0 heterocycles. The molecule has 0 spiro atoms. The Hall–Kier alpha value is -2.42. The van der Waals surface area contributed by atoms with E-state index in [1.165, 1.54) is 0 Å². The normalized spacial score (nSPS) is 12.3. The van der Waals surface area contributed by atoms with E-state index in [0.717, 1.165) is 6.26 Å². The molecule has 0 aliphatic heterocycles. The van der Waals surface area contributed by atoms with Gasteiger partial charge in [0.2, 0.25) is 0 Å². The lowest BCUT2D eigenvalue weighted by Gasteiger charge is -2.17. The molecule has 8 nitrogen and oxygen atoms in total. The third kappa shape index (κ3) is 8.61. The molecule has 144 valence electrons. The Kier molecular flexibility index (Phi) is 8.24. The van der Waals surface area contributed by atoms with E-state index >= 15 is 0 Å². The second kappa shape index (κ2) is 9.91. The van der Waals surface area contributed by atoms with Crippen LogP contribution in [-0.4, -0.2) is 56.9 Å². The third-order valence-corrected chi connectivity index (χ3v) is 4.18. The zero-order valence-corrected chi connectivity index (χ0v) is 15.8. The van der Waals surface area contributed by atoms with Gasteiger partial charge in [-0.25, -0.2) is 13.2 Å². The van der Waals surface area contributed by atoms with Crippen molar-refractivity contribution in [3.05, 3.63) is 35.9 Å². The van der Waals surface area contributed by atoms with Crippen LogP contribution in [0.25, 0.3) is 0 Å². The van der Waals surface area contributed by atoms with Crippen molar-refractivity contribution in [2.24, 2.45) is 0 Å². The minimum atomic E-state index is -3.34. The number of sulfone groups is 1. The first-order chi connectivity index (χ1) is 12.1. The molecule has 0 saturated heterocycles. The van der Waals surface area contributed by atoms with Gasteiger partial charge >= 0.3 is 5.97 Å². The molecule has 0 radical (unpaired) electrons. The van der Waals surface area contributed by atoms with Gasteiger partial charge in [0, 0.05) is 17.9 Å². The number of benzene rings is 1. The fourth-order valence-electron chi connectivity index (χ4n) is 2.01. The molecule has 26 heavy (non-hydrogen) atoms. The molecule has 0 aliphatic rings. The summed E-state index contributed by atoms with van der Waals surface area (Å²) in [7, 11) is -3.34. The Morgan fingerprint density at radius 2 is 1.69 bits per heavy atom. The SMILES string of the molecule is CC(C)NC(=O)COC(=O)[C@@H](CCS(C)(=O)=O)NC(=O)c1ccccc1. The second-order valence-electron chi connectivity index (χ2n) is 6.14. The monoisotopic (exact) mass is 384 g/mol. The van der Waals surface area contributed by atoms with Crippen LogP contribution < -0.4 is 10.6 Å². The van der Waals surface area contributed by atoms with Crippen LogP contribution >= 0.6 is 0 Å². The summed E-state index contributed by atoms with van der Waals surface area (Å²) in [5.74, 6) is -2.19. The number of hydrogen-bond donors (Lipinski definition) is 2. The summed E-state index contributed by atoms with van der Waals surface area (Å²) < 4.78 is 27.7. The highest BCUT2D eigenvalue weighted by atomic mass is 32.2. The quantitative estimate of drug-likeness (QED) is 0.591. The number of nitrogens with one attached hydrogen (secondary N) is 2. The molecular weight excluding hydrogens is 360 g/mol. The van der Waals surface area contributed by atoms with Gasteiger partial charge in [0.1, 0.15) is 15.9 Å². The topological polar surface area (TPSA) is 119 Å². The Morgan fingerprint density at radius 1 is 1.08 bits per heavy atom. The van der Waals surface area contributed by atoms with Gasteiger partial charge in [-0.1, -0.05) is 18.2 Å². The van der Waals surface area contributed by atoms with E-state index in [1.807, 2.05) is 0 Å². The number of rotatable bonds is 9. The van der Waals surface area contributed by atoms with Gasteiger partial charge in [-0.15, -0.1) is 0 Å². The van der Waals surface area contributed by atoms with Crippen molar-refractivity contribution in [1.82, 2.24) is 10.6 Å². The molecule has 1 aromatic carbocycles. The number of ether oxygens (including phenoxy) is 1. The molecule has 0 saturated carbocycles. The fourth-order valence-corrected chi connectivity index (χ4v) is 2.68. The highest BCUT2D eigenvalue weighted by Gasteiger charge is 2.25. The van der Waals surface area contributed by atoms with Gasteiger partial charge in [0.25, 0.3) is 11.8 Å². The summed E-state index contributed by atoms with van der Waals surface area (Å²) in [4.78, 5) is 36.0. The smallest absolute Gasteiger partial charge is 0.329 e. The van der Waals surface area contributed by atoms with Crippen molar-refractivity contribution < 1.29 is 27.5 Å².